The van der Waals surface area contributed by atoms with Crippen molar-refractivity contribution in [3.05, 3.63) is 48.0 Å². The van der Waals surface area contributed by atoms with Crippen molar-refractivity contribution in [1.29, 1.82) is 0 Å². The zero-order valence-electron chi connectivity index (χ0n) is 13.4. The van der Waals surface area contributed by atoms with Crippen LogP contribution in [0.2, 0.25) is 0 Å². The fourth-order valence-corrected chi connectivity index (χ4v) is 3.70. The molecule has 2 heterocycles. The van der Waals surface area contributed by atoms with Crippen LogP contribution in [0, 0.1) is 5.82 Å². The Morgan fingerprint density at radius 3 is 3.00 bits per heavy atom. The van der Waals surface area contributed by atoms with Gasteiger partial charge >= 0.3 is 0 Å². The average Bonchev–Trinajstić information content (AvgIpc) is 3.11. The summed E-state index contributed by atoms with van der Waals surface area (Å²) in [5.41, 5.74) is 0.997. The van der Waals surface area contributed by atoms with E-state index in [1.807, 2.05) is 4.90 Å². The van der Waals surface area contributed by atoms with E-state index in [1.54, 1.807) is 24.4 Å². The highest BCUT2D eigenvalue weighted by atomic mass is 19.1. The molecule has 1 aromatic carbocycles. The summed E-state index contributed by atoms with van der Waals surface area (Å²) in [6.45, 7) is 1.18. The van der Waals surface area contributed by atoms with E-state index >= 15 is 0 Å². The monoisotopic (exact) mass is 329 g/mol. The summed E-state index contributed by atoms with van der Waals surface area (Å²) in [7, 11) is 0. The molecule has 4 rings (SSSR count). The minimum Gasteiger partial charge on any atom is -0.374 e. The van der Waals surface area contributed by atoms with Gasteiger partial charge in [-0.15, -0.1) is 0 Å². The molecule has 24 heavy (non-hydrogen) atoms. The first-order valence-electron chi connectivity index (χ1n) is 8.46. The van der Waals surface area contributed by atoms with Crippen molar-refractivity contribution in [2.45, 2.75) is 37.8 Å². The highest BCUT2D eigenvalue weighted by Gasteiger charge is 2.37. The van der Waals surface area contributed by atoms with Gasteiger partial charge in [0.2, 0.25) is 0 Å². The number of carbonyl (C=O) groups excluding carboxylic acids is 1. The summed E-state index contributed by atoms with van der Waals surface area (Å²) in [6, 6.07) is 8.02. The molecule has 2 fully saturated rings. The van der Waals surface area contributed by atoms with Gasteiger partial charge in [0.1, 0.15) is 5.82 Å². The molecule has 2 aliphatic rings. The smallest absolute Gasteiger partial charge is 0.274 e. The molecule has 2 atom stereocenters. The maximum Gasteiger partial charge on any atom is 0.274 e. The molecule has 1 saturated heterocycles. The highest BCUT2D eigenvalue weighted by molar-refractivity contribution is 5.92. The Hall–Kier alpha value is -2.21. The van der Waals surface area contributed by atoms with Crippen molar-refractivity contribution < 1.29 is 13.9 Å². The molecule has 0 N–H and O–H groups in total. The molecule has 1 amide bonds. The highest BCUT2D eigenvalue weighted by Crippen LogP contribution is 2.29. The second kappa shape index (κ2) is 6.36. The predicted octanol–water partition coefficient (Wildman–Crippen LogP) is 2.80. The second-order valence-electron chi connectivity index (χ2n) is 6.39. The Labute approximate surface area is 140 Å². The second-order valence-corrected chi connectivity index (χ2v) is 6.39. The van der Waals surface area contributed by atoms with Crippen LogP contribution in [0.4, 0.5) is 4.39 Å². The van der Waals surface area contributed by atoms with Gasteiger partial charge in [0.25, 0.3) is 5.91 Å². The Balaban J connectivity index is 1.56. The first-order valence-corrected chi connectivity index (χ1v) is 8.46. The summed E-state index contributed by atoms with van der Waals surface area (Å²) in [6.07, 6.45) is 6.15. The number of halogens is 1. The third kappa shape index (κ3) is 2.82. The number of morpholine rings is 1. The standard InChI is InChI=1S/C18H20FN3O2/c19-13-4-3-5-14(12-13)22-9-8-15(20-22)18(23)21-10-11-24-17-7-2-1-6-16(17)21/h3-5,8-9,12,16-17H,1-2,6-7,10-11H2/t16-,17-/m1/s1. The molecule has 0 unspecified atom stereocenters. The van der Waals surface area contributed by atoms with Crippen LogP contribution in [-0.2, 0) is 4.74 Å². The molecule has 0 radical (unpaired) electrons. The lowest BCUT2D eigenvalue weighted by molar-refractivity contribution is -0.0754. The van der Waals surface area contributed by atoms with Crippen LogP contribution >= 0.6 is 0 Å². The maximum atomic E-state index is 13.4. The molecule has 1 aromatic heterocycles. The molecule has 1 aliphatic heterocycles. The minimum absolute atomic E-state index is 0.0645. The van der Waals surface area contributed by atoms with Gasteiger partial charge in [-0.05, 0) is 37.1 Å². The fraction of sp³-hybridized carbons (Fsp3) is 0.444. The van der Waals surface area contributed by atoms with Crippen LogP contribution in [0.1, 0.15) is 36.2 Å². The van der Waals surface area contributed by atoms with Gasteiger partial charge in [0.15, 0.2) is 5.69 Å². The van der Waals surface area contributed by atoms with Gasteiger partial charge in [0, 0.05) is 12.7 Å². The topological polar surface area (TPSA) is 47.4 Å². The van der Waals surface area contributed by atoms with E-state index in [9.17, 15) is 9.18 Å². The van der Waals surface area contributed by atoms with Crippen molar-refractivity contribution in [1.82, 2.24) is 14.7 Å². The van der Waals surface area contributed by atoms with E-state index in [0.29, 0.717) is 24.5 Å². The van der Waals surface area contributed by atoms with Gasteiger partial charge in [-0.1, -0.05) is 18.9 Å². The van der Waals surface area contributed by atoms with Gasteiger partial charge in [-0.3, -0.25) is 4.79 Å². The van der Waals surface area contributed by atoms with Gasteiger partial charge in [-0.25, -0.2) is 9.07 Å². The molecule has 5 nitrogen and oxygen atoms in total. The minimum atomic E-state index is -0.325. The number of benzene rings is 1. The number of rotatable bonds is 2. The van der Waals surface area contributed by atoms with E-state index in [0.717, 1.165) is 25.7 Å². The number of aromatic nitrogens is 2. The van der Waals surface area contributed by atoms with Crippen molar-refractivity contribution >= 4 is 5.91 Å². The Kier molecular flexibility index (Phi) is 4.06. The van der Waals surface area contributed by atoms with E-state index in [1.165, 1.54) is 16.8 Å². The lowest BCUT2D eigenvalue weighted by Gasteiger charge is -2.43. The number of carbonyl (C=O) groups is 1. The van der Waals surface area contributed by atoms with Crippen molar-refractivity contribution in [3.63, 3.8) is 0 Å². The number of amides is 1. The quantitative estimate of drug-likeness (QED) is 0.851. The molecular weight excluding hydrogens is 309 g/mol. The Bertz CT molecular complexity index is 743. The van der Waals surface area contributed by atoms with Crippen molar-refractivity contribution in [2.75, 3.05) is 13.2 Å². The summed E-state index contributed by atoms with van der Waals surface area (Å²) in [5, 5.41) is 4.35. The Morgan fingerprint density at radius 1 is 1.25 bits per heavy atom. The van der Waals surface area contributed by atoms with Crippen LogP contribution in [0.25, 0.3) is 5.69 Å². The van der Waals surface area contributed by atoms with Crippen molar-refractivity contribution in [2.24, 2.45) is 0 Å². The molecule has 6 heteroatoms. The van der Waals surface area contributed by atoms with Crippen LogP contribution in [0.5, 0.6) is 0 Å². The number of ether oxygens (including phenoxy) is 1. The zero-order valence-corrected chi connectivity index (χ0v) is 13.4. The van der Waals surface area contributed by atoms with Gasteiger partial charge in [0.05, 0.1) is 24.4 Å². The lowest BCUT2D eigenvalue weighted by Crippen LogP contribution is -2.54. The number of nitrogens with zero attached hydrogens (tertiary/aromatic N) is 3. The Morgan fingerprint density at radius 2 is 2.12 bits per heavy atom. The van der Waals surface area contributed by atoms with E-state index in [2.05, 4.69) is 5.10 Å². The van der Waals surface area contributed by atoms with E-state index in [-0.39, 0.29) is 23.9 Å². The van der Waals surface area contributed by atoms with E-state index in [4.69, 9.17) is 4.74 Å². The summed E-state index contributed by atoms with van der Waals surface area (Å²) in [4.78, 5) is 14.8. The van der Waals surface area contributed by atoms with E-state index < -0.39 is 0 Å². The third-order valence-electron chi connectivity index (χ3n) is 4.87. The summed E-state index contributed by atoms with van der Waals surface area (Å²) in [5.74, 6) is -0.389. The normalized spacial score (nSPS) is 23.8. The number of fused-ring (bicyclic) bond motifs is 1. The first kappa shape index (κ1) is 15.3. The van der Waals surface area contributed by atoms with Gasteiger partial charge in [-0.2, -0.15) is 5.10 Å². The van der Waals surface area contributed by atoms with Crippen LogP contribution < -0.4 is 0 Å². The average molecular weight is 329 g/mol. The predicted molar refractivity (Wildman–Crippen MR) is 86.6 cm³/mol. The largest absolute Gasteiger partial charge is 0.374 e. The molecule has 0 spiro atoms. The molecular formula is C18H20FN3O2. The van der Waals surface area contributed by atoms with Crippen LogP contribution in [0.3, 0.4) is 0 Å². The van der Waals surface area contributed by atoms with Crippen molar-refractivity contribution in [3.8, 4) is 5.69 Å². The lowest BCUT2D eigenvalue weighted by atomic mass is 9.90. The summed E-state index contributed by atoms with van der Waals surface area (Å²) >= 11 is 0. The number of hydrogen-bond donors (Lipinski definition) is 0. The molecule has 2 aromatic rings. The zero-order chi connectivity index (χ0) is 16.5. The third-order valence-corrected chi connectivity index (χ3v) is 4.87. The molecule has 1 aliphatic carbocycles. The van der Waals surface area contributed by atoms with Crippen LogP contribution in [0.15, 0.2) is 36.5 Å². The van der Waals surface area contributed by atoms with Crippen LogP contribution in [-0.4, -0.2) is 45.9 Å². The molecule has 1 saturated carbocycles. The fourth-order valence-electron chi connectivity index (χ4n) is 3.70. The number of hydrogen-bond acceptors (Lipinski definition) is 3. The summed E-state index contributed by atoms with van der Waals surface area (Å²) < 4.78 is 20.7. The SMILES string of the molecule is O=C(c1ccn(-c2cccc(F)c2)n1)N1CCO[C@@H]2CCCC[C@H]21. The molecule has 126 valence electrons. The molecule has 0 bridgehead atoms. The van der Waals surface area contributed by atoms with Gasteiger partial charge < -0.3 is 9.64 Å². The maximum absolute atomic E-state index is 13.4. The first-order chi connectivity index (χ1) is 11.7.